The molecule has 2 aromatic carbocycles. The minimum absolute atomic E-state index is 0.0304. The number of aryl methyl sites for hydroxylation is 1. The molecule has 0 spiro atoms. The van der Waals surface area contributed by atoms with Gasteiger partial charge in [0.15, 0.2) is 12.4 Å². The van der Waals surface area contributed by atoms with Gasteiger partial charge in [-0.25, -0.2) is 0 Å². The van der Waals surface area contributed by atoms with Gasteiger partial charge in [0.25, 0.3) is 0 Å². The fourth-order valence-corrected chi connectivity index (χ4v) is 2.19. The normalized spacial score (nSPS) is 10.7. The number of carbonyl (C=O) groups is 1. The molecular formula is C18H19ClO2. The number of hydrogen-bond acceptors (Lipinski definition) is 2. The highest BCUT2D eigenvalue weighted by molar-refractivity contribution is 6.30. The van der Waals surface area contributed by atoms with Crippen molar-refractivity contribution >= 4 is 17.4 Å². The van der Waals surface area contributed by atoms with Gasteiger partial charge >= 0.3 is 0 Å². The van der Waals surface area contributed by atoms with Gasteiger partial charge in [-0.1, -0.05) is 31.5 Å². The van der Waals surface area contributed by atoms with Crippen LogP contribution in [0.3, 0.4) is 0 Å². The molecule has 0 saturated carbocycles. The summed E-state index contributed by atoms with van der Waals surface area (Å²) >= 11 is 5.81. The molecule has 2 nitrogen and oxygen atoms in total. The quantitative estimate of drug-likeness (QED) is 0.724. The summed E-state index contributed by atoms with van der Waals surface area (Å²) in [6.07, 6.45) is 0. The lowest BCUT2D eigenvalue weighted by molar-refractivity contribution is 0.0921. The average Bonchev–Trinajstić information content (AvgIpc) is 2.45. The zero-order valence-corrected chi connectivity index (χ0v) is 13.3. The molecule has 0 aliphatic carbocycles. The van der Waals surface area contributed by atoms with Crippen LogP contribution in [0.25, 0.3) is 0 Å². The van der Waals surface area contributed by atoms with E-state index < -0.39 is 0 Å². The Bertz CT molecular complexity index is 630. The van der Waals surface area contributed by atoms with Crippen LogP contribution in [0.15, 0.2) is 42.5 Å². The van der Waals surface area contributed by atoms with Crippen molar-refractivity contribution in [1.82, 2.24) is 0 Å². The minimum Gasteiger partial charge on any atom is -0.485 e. The van der Waals surface area contributed by atoms with E-state index in [-0.39, 0.29) is 12.4 Å². The summed E-state index contributed by atoms with van der Waals surface area (Å²) in [5, 5.41) is 0.618. The zero-order chi connectivity index (χ0) is 15.4. The topological polar surface area (TPSA) is 26.3 Å². The van der Waals surface area contributed by atoms with Crippen molar-refractivity contribution in [2.45, 2.75) is 26.7 Å². The van der Waals surface area contributed by atoms with Crippen molar-refractivity contribution in [1.29, 1.82) is 0 Å². The number of ether oxygens (including phenoxy) is 1. The molecule has 0 radical (unpaired) electrons. The smallest absolute Gasteiger partial charge is 0.200 e. The van der Waals surface area contributed by atoms with E-state index in [9.17, 15) is 4.79 Å². The molecule has 0 fully saturated rings. The molecule has 0 N–H and O–H groups in total. The summed E-state index contributed by atoms with van der Waals surface area (Å²) in [6, 6.07) is 12.9. The molecule has 21 heavy (non-hydrogen) atoms. The lowest BCUT2D eigenvalue weighted by atomic mass is 10.0. The Hall–Kier alpha value is -1.80. The Kier molecular flexibility index (Phi) is 5.03. The second-order valence-corrected chi connectivity index (χ2v) is 5.89. The molecule has 0 aliphatic heterocycles. The first-order valence-electron chi connectivity index (χ1n) is 6.99. The maximum Gasteiger partial charge on any atom is 0.200 e. The van der Waals surface area contributed by atoms with Gasteiger partial charge in [-0.15, -0.1) is 0 Å². The lowest BCUT2D eigenvalue weighted by Gasteiger charge is -2.11. The van der Waals surface area contributed by atoms with Gasteiger partial charge in [-0.2, -0.15) is 0 Å². The molecule has 0 atom stereocenters. The predicted octanol–water partition coefficient (Wildman–Crippen LogP) is 5.03. The van der Waals surface area contributed by atoms with Crippen molar-refractivity contribution < 1.29 is 9.53 Å². The summed E-state index contributed by atoms with van der Waals surface area (Å²) in [7, 11) is 0. The molecule has 0 bridgehead atoms. The van der Waals surface area contributed by atoms with Crippen molar-refractivity contribution in [3.05, 3.63) is 64.2 Å². The van der Waals surface area contributed by atoms with E-state index in [1.807, 2.05) is 19.1 Å². The van der Waals surface area contributed by atoms with Crippen LogP contribution in [0.4, 0.5) is 0 Å². The van der Waals surface area contributed by atoms with Gasteiger partial charge < -0.3 is 4.74 Å². The Morgan fingerprint density at radius 2 is 1.81 bits per heavy atom. The summed E-state index contributed by atoms with van der Waals surface area (Å²) in [6.45, 7) is 6.33. The lowest BCUT2D eigenvalue weighted by Crippen LogP contribution is -2.11. The highest BCUT2D eigenvalue weighted by atomic mass is 35.5. The number of benzene rings is 2. The zero-order valence-electron chi connectivity index (χ0n) is 12.5. The van der Waals surface area contributed by atoms with E-state index >= 15 is 0 Å². The second-order valence-electron chi connectivity index (χ2n) is 5.45. The molecule has 0 saturated heterocycles. The van der Waals surface area contributed by atoms with Crippen molar-refractivity contribution in [2.24, 2.45) is 0 Å². The molecule has 2 aromatic rings. The third kappa shape index (κ3) is 4.33. The first-order valence-corrected chi connectivity index (χ1v) is 7.36. The van der Waals surface area contributed by atoms with Crippen LogP contribution in [-0.2, 0) is 0 Å². The summed E-state index contributed by atoms with van der Waals surface area (Å²) in [4.78, 5) is 12.1. The molecule has 0 unspecified atom stereocenters. The van der Waals surface area contributed by atoms with E-state index in [4.69, 9.17) is 16.3 Å². The van der Waals surface area contributed by atoms with Crippen LogP contribution in [0.5, 0.6) is 5.75 Å². The highest BCUT2D eigenvalue weighted by Gasteiger charge is 2.08. The van der Waals surface area contributed by atoms with Crippen LogP contribution < -0.4 is 4.74 Å². The van der Waals surface area contributed by atoms with E-state index in [0.29, 0.717) is 16.5 Å². The van der Waals surface area contributed by atoms with Gasteiger partial charge in [0, 0.05) is 10.6 Å². The number of Topliss-reactive ketones (excluding diaryl/α,β-unsaturated/α-hetero) is 1. The SMILES string of the molecule is Cc1cc(OCC(=O)c2ccc(Cl)cc2)cc(C(C)C)c1. The second kappa shape index (κ2) is 6.77. The van der Waals surface area contributed by atoms with E-state index in [1.165, 1.54) is 5.56 Å². The predicted molar refractivity (Wildman–Crippen MR) is 86.5 cm³/mol. The van der Waals surface area contributed by atoms with Crippen LogP contribution in [0.1, 0.15) is 41.3 Å². The number of halogens is 1. The third-order valence-corrected chi connectivity index (χ3v) is 3.53. The Balaban J connectivity index is 2.05. The Morgan fingerprint density at radius 1 is 1.14 bits per heavy atom. The Labute approximate surface area is 130 Å². The van der Waals surface area contributed by atoms with Crippen LogP contribution in [0.2, 0.25) is 5.02 Å². The molecule has 110 valence electrons. The first kappa shape index (κ1) is 15.6. The van der Waals surface area contributed by atoms with E-state index in [2.05, 4.69) is 19.9 Å². The maximum atomic E-state index is 12.1. The third-order valence-electron chi connectivity index (χ3n) is 3.28. The molecule has 0 aromatic heterocycles. The fourth-order valence-electron chi connectivity index (χ4n) is 2.06. The largest absolute Gasteiger partial charge is 0.485 e. The number of carbonyl (C=O) groups excluding carboxylic acids is 1. The molecule has 0 aliphatic rings. The highest BCUT2D eigenvalue weighted by Crippen LogP contribution is 2.23. The van der Waals surface area contributed by atoms with Crippen molar-refractivity contribution in [3.63, 3.8) is 0 Å². The number of rotatable bonds is 5. The fraction of sp³-hybridized carbons (Fsp3) is 0.278. The molecular weight excluding hydrogens is 284 g/mol. The molecule has 0 heterocycles. The van der Waals surface area contributed by atoms with Crippen molar-refractivity contribution in [3.8, 4) is 5.75 Å². The summed E-state index contributed by atoms with van der Waals surface area (Å²) in [5.41, 5.74) is 2.95. The number of hydrogen-bond donors (Lipinski definition) is 0. The van der Waals surface area contributed by atoms with Gasteiger partial charge in [0.2, 0.25) is 0 Å². The molecule has 2 rings (SSSR count). The van der Waals surface area contributed by atoms with Gasteiger partial charge in [0.05, 0.1) is 0 Å². The minimum atomic E-state index is -0.0562. The van der Waals surface area contributed by atoms with Gasteiger partial charge in [-0.05, 0) is 60.4 Å². The number of ketones is 1. The van der Waals surface area contributed by atoms with Crippen LogP contribution >= 0.6 is 11.6 Å². The van der Waals surface area contributed by atoms with Crippen LogP contribution in [0, 0.1) is 6.92 Å². The Morgan fingerprint density at radius 3 is 2.43 bits per heavy atom. The standard InChI is InChI=1S/C18H19ClO2/c1-12(2)15-8-13(3)9-17(10-15)21-11-18(20)14-4-6-16(19)7-5-14/h4-10,12H,11H2,1-3H3. The molecule has 0 amide bonds. The van der Waals surface area contributed by atoms with Crippen LogP contribution in [-0.4, -0.2) is 12.4 Å². The summed E-state index contributed by atoms with van der Waals surface area (Å²) in [5.74, 6) is 1.11. The summed E-state index contributed by atoms with van der Waals surface area (Å²) < 4.78 is 5.64. The van der Waals surface area contributed by atoms with Gasteiger partial charge in [-0.3, -0.25) is 4.79 Å². The van der Waals surface area contributed by atoms with Gasteiger partial charge in [0.1, 0.15) is 5.75 Å². The van der Waals surface area contributed by atoms with E-state index in [1.54, 1.807) is 24.3 Å². The van der Waals surface area contributed by atoms with E-state index in [0.717, 1.165) is 11.3 Å². The van der Waals surface area contributed by atoms with Crippen molar-refractivity contribution in [2.75, 3.05) is 6.61 Å². The average molecular weight is 303 g/mol. The monoisotopic (exact) mass is 302 g/mol. The molecule has 3 heteroatoms. The first-order chi connectivity index (χ1) is 9.95. The maximum absolute atomic E-state index is 12.1.